The molecule has 0 bridgehead atoms. The average molecular weight is 381 g/mol. The van der Waals surface area contributed by atoms with Crippen LogP contribution in [0.1, 0.15) is 11.3 Å². The molecule has 0 aliphatic rings. The van der Waals surface area contributed by atoms with Gasteiger partial charge in [-0.25, -0.2) is 15.0 Å². The smallest absolute Gasteiger partial charge is 0.226 e. The lowest BCUT2D eigenvalue weighted by molar-refractivity contribution is -0.120. The maximum atomic E-state index is 12.2. The summed E-state index contributed by atoms with van der Waals surface area (Å²) < 4.78 is 1.83. The Morgan fingerprint density at radius 2 is 2.19 bits per heavy atom. The van der Waals surface area contributed by atoms with Crippen LogP contribution in [-0.4, -0.2) is 25.4 Å². The zero-order valence-electron chi connectivity index (χ0n) is 13.7. The van der Waals surface area contributed by atoms with Crippen LogP contribution in [0.5, 0.6) is 0 Å². The molecule has 0 aliphatic heterocycles. The Balaban J connectivity index is 1.31. The number of amides is 1. The molecule has 4 rings (SSSR count). The lowest BCUT2D eigenvalue weighted by Crippen LogP contribution is -2.24. The number of nitrogens with zero attached hydrogens (tertiary/aromatic N) is 4. The van der Waals surface area contributed by atoms with Crippen molar-refractivity contribution >= 4 is 28.6 Å². The fourth-order valence-corrected chi connectivity index (χ4v) is 4.03. The van der Waals surface area contributed by atoms with Crippen LogP contribution in [0.4, 0.5) is 0 Å². The van der Waals surface area contributed by atoms with E-state index in [9.17, 15) is 4.79 Å². The number of thiazole rings is 1. The van der Waals surface area contributed by atoms with Gasteiger partial charge in [-0.15, -0.1) is 22.7 Å². The van der Waals surface area contributed by atoms with Gasteiger partial charge in [-0.1, -0.05) is 12.1 Å². The summed E-state index contributed by atoms with van der Waals surface area (Å²) in [5.41, 5.74) is 1.74. The van der Waals surface area contributed by atoms with Crippen molar-refractivity contribution in [2.24, 2.45) is 0 Å². The van der Waals surface area contributed by atoms with Crippen LogP contribution in [0.15, 0.2) is 59.9 Å². The number of nitrogens with one attached hydrogen (secondary N) is 1. The Hall–Kier alpha value is -2.84. The minimum atomic E-state index is -0.0493. The number of carbonyl (C=O) groups excluding carboxylic acids is 1. The SMILES string of the molecule is O=C(Cc1csc(-c2cccs2)n1)NCc1ccc(-n2ccnc2)nc1. The molecular formula is C18H15N5OS2. The van der Waals surface area contributed by atoms with Crippen molar-refractivity contribution in [3.8, 4) is 15.7 Å². The first-order chi connectivity index (χ1) is 12.8. The van der Waals surface area contributed by atoms with Gasteiger partial charge in [0.25, 0.3) is 0 Å². The first-order valence-electron chi connectivity index (χ1n) is 7.96. The van der Waals surface area contributed by atoms with E-state index in [-0.39, 0.29) is 12.3 Å². The molecule has 130 valence electrons. The second-order valence-corrected chi connectivity index (χ2v) is 7.38. The van der Waals surface area contributed by atoms with Crippen LogP contribution in [0.25, 0.3) is 15.7 Å². The molecule has 0 unspecified atom stereocenters. The number of pyridine rings is 1. The molecule has 0 aromatic carbocycles. The summed E-state index contributed by atoms with van der Waals surface area (Å²) in [5.74, 6) is 0.743. The van der Waals surface area contributed by atoms with E-state index in [1.807, 2.05) is 45.8 Å². The fourth-order valence-electron chi connectivity index (χ4n) is 2.40. The third kappa shape index (κ3) is 3.87. The molecule has 0 saturated carbocycles. The van der Waals surface area contributed by atoms with Gasteiger partial charge in [0.1, 0.15) is 17.2 Å². The predicted octanol–water partition coefficient (Wildman–Crippen LogP) is 3.31. The fraction of sp³-hybridized carbons (Fsp3) is 0.111. The molecule has 1 amide bonds. The predicted molar refractivity (Wildman–Crippen MR) is 102 cm³/mol. The van der Waals surface area contributed by atoms with E-state index in [1.54, 1.807) is 41.4 Å². The largest absolute Gasteiger partial charge is 0.352 e. The van der Waals surface area contributed by atoms with Crippen molar-refractivity contribution in [3.63, 3.8) is 0 Å². The molecule has 4 heterocycles. The minimum absolute atomic E-state index is 0.0493. The van der Waals surface area contributed by atoms with Crippen molar-refractivity contribution in [3.05, 3.63) is 71.2 Å². The van der Waals surface area contributed by atoms with E-state index in [0.717, 1.165) is 27.0 Å². The standard InChI is InChI=1S/C18H15N5OS2/c24-17(8-14-11-26-18(22-14)15-2-1-7-25-15)21-10-13-3-4-16(20-9-13)23-6-5-19-12-23/h1-7,9,11-12H,8,10H2,(H,21,24). The summed E-state index contributed by atoms with van der Waals surface area (Å²) in [6, 6.07) is 7.88. The van der Waals surface area contributed by atoms with E-state index in [0.29, 0.717) is 6.54 Å². The molecule has 26 heavy (non-hydrogen) atoms. The quantitative estimate of drug-likeness (QED) is 0.556. The van der Waals surface area contributed by atoms with Crippen LogP contribution in [0, 0.1) is 0 Å². The number of carbonyl (C=O) groups is 1. The van der Waals surface area contributed by atoms with Gasteiger partial charge in [-0.2, -0.15) is 0 Å². The molecule has 0 atom stereocenters. The van der Waals surface area contributed by atoms with Gasteiger partial charge < -0.3 is 5.32 Å². The number of imidazole rings is 1. The second-order valence-electron chi connectivity index (χ2n) is 5.57. The van der Waals surface area contributed by atoms with Gasteiger partial charge in [0.15, 0.2) is 0 Å². The van der Waals surface area contributed by atoms with Crippen molar-refractivity contribution in [1.82, 2.24) is 24.8 Å². The van der Waals surface area contributed by atoms with Crippen molar-refractivity contribution in [1.29, 1.82) is 0 Å². The molecule has 1 N–H and O–H groups in total. The van der Waals surface area contributed by atoms with Gasteiger partial charge in [0, 0.05) is 30.5 Å². The van der Waals surface area contributed by atoms with Crippen molar-refractivity contribution < 1.29 is 4.79 Å². The summed E-state index contributed by atoms with van der Waals surface area (Å²) in [5, 5.41) is 7.84. The molecule has 0 fully saturated rings. The van der Waals surface area contributed by atoms with Gasteiger partial charge in [-0.3, -0.25) is 9.36 Å². The Labute approximate surface area is 158 Å². The molecule has 0 aliphatic carbocycles. The van der Waals surface area contributed by atoms with Crippen LogP contribution >= 0.6 is 22.7 Å². The molecule has 0 radical (unpaired) electrons. The number of aromatic nitrogens is 4. The van der Waals surface area contributed by atoms with Crippen LogP contribution in [0.3, 0.4) is 0 Å². The van der Waals surface area contributed by atoms with Crippen LogP contribution < -0.4 is 5.32 Å². The Kier molecular flexibility index (Phi) is 4.85. The first kappa shape index (κ1) is 16.6. The lowest BCUT2D eigenvalue weighted by Gasteiger charge is -2.06. The number of hydrogen-bond donors (Lipinski definition) is 1. The normalized spacial score (nSPS) is 10.8. The van der Waals surface area contributed by atoms with Crippen LogP contribution in [-0.2, 0) is 17.8 Å². The van der Waals surface area contributed by atoms with Gasteiger partial charge in [-0.05, 0) is 23.1 Å². The van der Waals surface area contributed by atoms with E-state index >= 15 is 0 Å². The average Bonchev–Trinajstić information content (AvgIpc) is 3.41. The number of hydrogen-bond acceptors (Lipinski definition) is 6. The minimum Gasteiger partial charge on any atom is -0.352 e. The first-order valence-corrected chi connectivity index (χ1v) is 9.72. The van der Waals surface area contributed by atoms with Crippen LogP contribution in [0.2, 0.25) is 0 Å². The molecule has 4 aromatic heterocycles. The van der Waals surface area contributed by atoms with Gasteiger partial charge in [0.05, 0.1) is 17.0 Å². The maximum absolute atomic E-state index is 12.2. The van der Waals surface area contributed by atoms with E-state index in [4.69, 9.17) is 0 Å². The number of rotatable bonds is 6. The van der Waals surface area contributed by atoms with Crippen molar-refractivity contribution in [2.45, 2.75) is 13.0 Å². The lowest BCUT2D eigenvalue weighted by atomic mass is 10.2. The molecule has 6 nitrogen and oxygen atoms in total. The summed E-state index contributed by atoms with van der Waals surface area (Å²) in [4.78, 5) is 26.2. The third-order valence-corrected chi connectivity index (χ3v) is 5.62. The topological polar surface area (TPSA) is 72.7 Å². The monoisotopic (exact) mass is 381 g/mol. The molecule has 8 heteroatoms. The number of thiophene rings is 1. The molecule has 0 spiro atoms. The zero-order chi connectivity index (χ0) is 17.8. The van der Waals surface area contributed by atoms with E-state index in [1.165, 1.54) is 0 Å². The Bertz CT molecular complexity index is 975. The highest BCUT2D eigenvalue weighted by Gasteiger charge is 2.09. The molecule has 0 saturated heterocycles. The highest BCUT2D eigenvalue weighted by Crippen LogP contribution is 2.27. The maximum Gasteiger partial charge on any atom is 0.226 e. The summed E-state index contributed by atoms with van der Waals surface area (Å²) >= 11 is 3.22. The zero-order valence-corrected chi connectivity index (χ0v) is 15.3. The van der Waals surface area contributed by atoms with Crippen molar-refractivity contribution in [2.75, 3.05) is 0 Å². The highest BCUT2D eigenvalue weighted by molar-refractivity contribution is 7.20. The molecule has 4 aromatic rings. The summed E-state index contributed by atoms with van der Waals surface area (Å²) in [7, 11) is 0. The van der Waals surface area contributed by atoms with Gasteiger partial charge in [0.2, 0.25) is 5.91 Å². The molecular weight excluding hydrogens is 366 g/mol. The highest BCUT2D eigenvalue weighted by atomic mass is 32.1. The van der Waals surface area contributed by atoms with E-state index < -0.39 is 0 Å². The Morgan fingerprint density at radius 3 is 2.92 bits per heavy atom. The van der Waals surface area contributed by atoms with E-state index in [2.05, 4.69) is 20.3 Å². The second kappa shape index (κ2) is 7.59. The van der Waals surface area contributed by atoms with Gasteiger partial charge >= 0.3 is 0 Å². The third-order valence-electron chi connectivity index (χ3n) is 3.69. The summed E-state index contributed by atoms with van der Waals surface area (Å²) in [6.07, 6.45) is 7.28. The Morgan fingerprint density at radius 1 is 1.23 bits per heavy atom. The summed E-state index contributed by atoms with van der Waals surface area (Å²) in [6.45, 7) is 0.442.